The number of nitrogens with one attached hydrogen (secondary N) is 1. The van der Waals surface area contributed by atoms with Crippen LogP contribution in [0.25, 0.3) is 10.9 Å². The van der Waals surface area contributed by atoms with E-state index in [1.165, 1.54) is 11.8 Å². The van der Waals surface area contributed by atoms with Crippen molar-refractivity contribution in [3.8, 4) is 6.07 Å². The molecule has 2 rings (SSSR count). The van der Waals surface area contributed by atoms with E-state index in [-0.39, 0.29) is 23.1 Å². The molecule has 0 saturated carbocycles. The van der Waals surface area contributed by atoms with Gasteiger partial charge in [-0.05, 0) is 38.0 Å². The van der Waals surface area contributed by atoms with Crippen molar-refractivity contribution in [1.82, 2.24) is 14.9 Å². The fraction of sp³-hybridized carbons (Fsp3) is 0.444. The van der Waals surface area contributed by atoms with Crippen LogP contribution < -0.4 is 10.9 Å². The predicted octanol–water partition coefficient (Wildman–Crippen LogP) is 3.33. The van der Waals surface area contributed by atoms with E-state index < -0.39 is 5.54 Å². The summed E-state index contributed by atoms with van der Waals surface area (Å²) in [5, 5.41) is 13.1. The Hall–Kier alpha value is -1.85. The van der Waals surface area contributed by atoms with Gasteiger partial charge in [-0.2, -0.15) is 5.26 Å². The van der Waals surface area contributed by atoms with Crippen LogP contribution in [0.2, 0.25) is 0 Å². The molecular weight excluding hydrogens is 416 g/mol. The van der Waals surface area contributed by atoms with Crippen LogP contribution in [0.4, 0.5) is 0 Å². The maximum Gasteiger partial charge on any atom is 0.262 e. The molecule has 26 heavy (non-hydrogen) atoms. The summed E-state index contributed by atoms with van der Waals surface area (Å²) in [5.41, 5.74) is -0.467. The van der Waals surface area contributed by atoms with Gasteiger partial charge in [-0.25, -0.2) is 4.98 Å². The molecular formula is C18H21BrN4O2S. The zero-order chi connectivity index (χ0) is 19.5. The van der Waals surface area contributed by atoms with Gasteiger partial charge in [0.2, 0.25) is 5.91 Å². The highest BCUT2D eigenvalue weighted by atomic mass is 79.9. The molecule has 0 fully saturated rings. The summed E-state index contributed by atoms with van der Waals surface area (Å²) in [7, 11) is 0. The summed E-state index contributed by atoms with van der Waals surface area (Å²) in [6, 6.07) is 7.50. The van der Waals surface area contributed by atoms with Gasteiger partial charge in [-0.1, -0.05) is 41.5 Å². The average Bonchev–Trinajstić information content (AvgIpc) is 2.60. The smallest absolute Gasteiger partial charge is 0.262 e. The predicted molar refractivity (Wildman–Crippen MR) is 107 cm³/mol. The van der Waals surface area contributed by atoms with Crippen LogP contribution in [-0.4, -0.2) is 26.8 Å². The highest BCUT2D eigenvalue weighted by Gasteiger charge is 2.30. The first kappa shape index (κ1) is 20.5. The van der Waals surface area contributed by atoms with E-state index in [1.54, 1.807) is 23.6 Å². The molecule has 0 bridgehead atoms. The van der Waals surface area contributed by atoms with E-state index in [0.29, 0.717) is 22.6 Å². The Morgan fingerprint density at radius 2 is 2.19 bits per heavy atom. The Morgan fingerprint density at radius 3 is 2.77 bits per heavy atom. The topological polar surface area (TPSA) is 87.8 Å². The van der Waals surface area contributed by atoms with Crippen molar-refractivity contribution in [2.45, 2.75) is 44.9 Å². The molecule has 6 nitrogen and oxygen atoms in total. The normalized spacial score (nSPS) is 13.4. The standard InChI is InChI=1S/C18H21BrN4O2S/c1-5-23-16(25)13-8-12(19)6-7-14(13)21-17(23)26-9-15(24)22-18(4,10-20)11(2)3/h6-8,11H,5,9H2,1-4H3,(H,22,24)/t18-/m0/s1. The highest BCUT2D eigenvalue weighted by Crippen LogP contribution is 2.21. The lowest BCUT2D eigenvalue weighted by atomic mass is 9.90. The minimum absolute atomic E-state index is 0.0208. The Balaban J connectivity index is 2.26. The molecule has 0 saturated heterocycles. The molecule has 8 heteroatoms. The highest BCUT2D eigenvalue weighted by molar-refractivity contribution is 9.10. The maximum absolute atomic E-state index is 12.7. The summed E-state index contributed by atoms with van der Waals surface area (Å²) in [5.74, 6) is -0.202. The zero-order valence-corrected chi connectivity index (χ0v) is 17.6. The summed E-state index contributed by atoms with van der Waals surface area (Å²) in [6.07, 6.45) is 0. The van der Waals surface area contributed by atoms with Gasteiger partial charge < -0.3 is 5.32 Å². The van der Waals surface area contributed by atoms with Crippen LogP contribution in [-0.2, 0) is 11.3 Å². The fourth-order valence-corrected chi connectivity index (χ4v) is 3.54. The zero-order valence-electron chi connectivity index (χ0n) is 15.2. The second-order valence-electron chi connectivity index (χ2n) is 6.41. The van der Waals surface area contributed by atoms with E-state index in [0.717, 1.165) is 4.47 Å². The molecule has 138 valence electrons. The lowest BCUT2D eigenvalue weighted by Crippen LogP contribution is -2.49. The van der Waals surface area contributed by atoms with E-state index in [2.05, 4.69) is 32.3 Å². The first-order valence-electron chi connectivity index (χ1n) is 8.27. The van der Waals surface area contributed by atoms with Gasteiger partial charge >= 0.3 is 0 Å². The van der Waals surface area contributed by atoms with E-state index in [1.807, 2.05) is 26.8 Å². The molecule has 1 N–H and O–H groups in total. The Bertz CT molecular complexity index is 935. The number of thioether (sulfide) groups is 1. The van der Waals surface area contributed by atoms with Gasteiger partial charge in [-0.15, -0.1) is 0 Å². The lowest BCUT2D eigenvalue weighted by Gasteiger charge is -2.27. The van der Waals surface area contributed by atoms with Crippen molar-refractivity contribution >= 4 is 44.5 Å². The molecule has 0 aliphatic rings. The van der Waals surface area contributed by atoms with Crippen LogP contribution >= 0.6 is 27.7 Å². The monoisotopic (exact) mass is 436 g/mol. The maximum atomic E-state index is 12.7. The van der Waals surface area contributed by atoms with Gasteiger partial charge in [0.25, 0.3) is 5.56 Å². The number of aromatic nitrogens is 2. The first-order valence-corrected chi connectivity index (χ1v) is 10.0. The third-order valence-electron chi connectivity index (χ3n) is 4.32. The Kier molecular flexibility index (Phi) is 6.48. The lowest BCUT2D eigenvalue weighted by molar-refractivity contribution is -0.120. The summed E-state index contributed by atoms with van der Waals surface area (Å²) in [4.78, 5) is 29.5. The van der Waals surface area contributed by atoms with E-state index in [4.69, 9.17) is 0 Å². The third kappa shape index (κ3) is 4.27. The van der Waals surface area contributed by atoms with Crippen molar-refractivity contribution in [3.05, 3.63) is 33.0 Å². The SMILES string of the molecule is CCn1c(SCC(=O)N[C@@](C)(C#N)C(C)C)nc2ccc(Br)cc2c1=O. The molecule has 0 aliphatic carbocycles. The van der Waals surface area contributed by atoms with E-state index >= 15 is 0 Å². The van der Waals surface area contributed by atoms with Gasteiger partial charge in [0.05, 0.1) is 22.7 Å². The third-order valence-corrected chi connectivity index (χ3v) is 5.79. The van der Waals surface area contributed by atoms with Crippen LogP contribution in [0.15, 0.2) is 32.6 Å². The van der Waals surface area contributed by atoms with Crippen LogP contribution in [0, 0.1) is 17.2 Å². The van der Waals surface area contributed by atoms with Crippen molar-refractivity contribution < 1.29 is 4.79 Å². The van der Waals surface area contributed by atoms with Crippen molar-refractivity contribution in [2.75, 3.05) is 5.75 Å². The minimum atomic E-state index is -0.925. The number of hydrogen-bond acceptors (Lipinski definition) is 5. The number of benzene rings is 1. The van der Waals surface area contributed by atoms with Crippen molar-refractivity contribution in [3.63, 3.8) is 0 Å². The minimum Gasteiger partial charge on any atom is -0.337 e. The number of amides is 1. The second kappa shape index (κ2) is 8.23. The largest absolute Gasteiger partial charge is 0.337 e. The molecule has 1 heterocycles. The summed E-state index contributed by atoms with van der Waals surface area (Å²) < 4.78 is 2.37. The number of nitrogens with zero attached hydrogens (tertiary/aromatic N) is 3. The number of rotatable bonds is 6. The summed E-state index contributed by atoms with van der Waals surface area (Å²) in [6.45, 7) is 7.79. The number of hydrogen-bond donors (Lipinski definition) is 1. The van der Waals surface area contributed by atoms with Crippen molar-refractivity contribution in [1.29, 1.82) is 5.26 Å². The number of carbonyl (C=O) groups is 1. The molecule has 2 aromatic rings. The molecule has 0 aliphatic heterocycles. The number of halogens is 1. The molecule has 1 aromatic carbocycles. The molecule has 0 unspecified atom stereocenters. The number of nitriles is 1. The van der Waals surface area contributed by atoms with Crippen LogP contribution in [0.1, 0.15) is 27.7 Å². The summed E-state index contributed by atoms with van der Waals surface area (Å²) >= 11 is 4.56. The quantitative estimate of drug-likeness (QED) is 0.553. The van der Waals surface area contributed by atoms with Gasteiger partial charge in [-0.3, -0.25) is 14.2 Å². The number of fused-ring (bicyclic) bond motifs is 1. The van der Waals surface area contributed by atoms with Gasteiger partial charge in [0.1, 0.15) is 5.54 Å². The average molecular weight is 437 g/mol. The molecule has 0 spiro atoms. The van der Waals surface area contributed by atoms with Crippen LogP contribution in [0.3, 0.4) is 0 Å². The second-order valence-corrected chi connectivity index (χ2v) is 8.27. The molecule has 1 atom stereocenters. The number of carbonyl (C=O) groups excluding carboxylic acids is 1. The van der Waals surface area contributed by atoms with E-state index in [9.17, 15) is 14.9 Å². The van der Waals surface area contributed by atoms with Crippen molar-refractivity contribution in [2.24, 2.45) is 5.92 Å². The Labute approximate surface area is 165 Å². The Morgan fingerprint density at radius 1 is 1.50 bits per heavy atom. The molecule has 1 amide bonds. The first-order chi connectivity index (χ1) is 12.2. The van der Waals surface area contributed by atoms with Gasteiger partial charge in [0, 0.05) is 11.0 Å². The van der Waals surface area contributed by atoms with Crippen LogP contribution in [0.5, 0.6) is 0 Å². The molecule has 1 aromatic heterocycles. The van der Waals surface area contributed by atoms with Gasteiger partial charge in [0.15, 0.2) is 5.16 Å². The molecule has 0 radical (unpaired) electrons. The fourth-order valence-electron chi connectivity index (χ4n) is 2.32.